The standard InChI is InChI=1S/C12H14ClFN2O/c13-8-4-5-9(10(14)7-8)12(16-15)11-3-1-2-6-17-11/h3-5,7,12,16H,1-2,6,15H2. The SMILES string of the molecule is NNC(C1=CCCCO1)c1ccc(Cl)cc1F. The molecule has 3 nitrogen and oxygen atoms in total. The number of benzene rings is 1. The fraction of sp³-hybridized carbons (Fsp3) is 0.333. The number of allylic oxidation sites excluding steroid dienone is 1. The number of ether oxygens (including phenoxy) is 1. The molecule has 1 aromatic rings. The van der Waals surface area contributed by atoms with Crippen molar-refractivity contribution in [2.75, 3.05) is 6.61 Å². The molecule has 1 aliphatic rings. The maximum atomic E-state index is 13.8. The average Bonchev–Trinajstić information content (AvgIpc) is 2.34. The van der Waals surface area contributed by atoms with E-state index in [0.717, 1.165) is 12.8 Å². The van der Waals surface area contributed by atoms with Gasteiger partial charge in [0.25, 0.3) is 0 Å². The molecule has 0 saturated heterocycles. The van der Waals surface area contributed by atoms with Gasteiger partial charge in [0.2, 0.25) is 0 Å². The second kappa shape index (κ2) is 5.49. The third kappa shape index (κ3) is 2.77. The number of rotatable bonds is 3. The number of hydrogen-bond acceptors (Lipinski definition) is 3. The van der Waals surface area contributed by atoms with Crippen LogP contribution in [0.15, 0.2) is 30.0 Å². The Bertz CT molecular complexity index is 437. The largest absolute Gasteiger partial charge is 0.496 e. The fourth-order valence-corrected chi connectivity index (χ4v) is 2.00. The molecule has 0 bridgehead atoms. The normalized spacial score (nSPS) is 17.2. The zero-order valence-corrected chi connectivity index (χ0v) is 10.0. The summed E-state index contributed by atoms with van der Waals surface area (Å²) >= 11 is 5.71. The van der Waals surface area contributed by atoms with Gasteiger partial charge in [-0.25, -0.2) is 9.82 Å². The van der Waals surface area contributed by atoms with Gasteiger partial charge < -0.3 is 4.74 Å². The summed E-state index contributed by atoms with van der Waals surface area (Å²) in [7, 11) is 0. The lowest BCUT2D eigenvalue weighted by molar-refractivity contribution is 0.167. The first-order chi connectivity index (χ1) is 8.22. The van der Waals surface area contributed by atoms with E-state index >= 15 is 0 Å². The van der Waals surface area contributed by atoms with E-state index in [4.69, 9.17) is 22.2 Å². The van der Waals surface area contributed by atoms with Gasteiger partial charge in [0, 0.05) is 10.6 Å². The summed E-state index contributed by atoms with van der Waals surface area (Å²) in [6.45, 7) is 0.638. The lowest BCUT2D eigenvalue weighted by Gasteiger charge is -2.23. The molecule has 1 aromatic carbocycles. The van der Waals surface area contributed by atoms with Crippen LogP contribution in [0.3, 0.4) is 0 Å². The smallest absolute Gasteiger partial charge is 0.129 e. The predicted molar refractivity (Wildman–Crippen MR) is 64.7 cm³/mol. The van der Waals surface area contributed by atoms with Crippen LogP contribution in [0.4, 0.5) is 4.39 Å². The van der Waals surface area contributed by atoms with Gasteiger partial charge in [-0.2, -0.15) is 0 Å². The first-order valence-electron chi connectivity index (χ1n) is 5.46. The number of halogens is 2. The Balaban J connectivity index is 2.31. The molecule has 0 aliphatic carbocycles. The van der Waals surface area contributed by atoms with Gasteiger partial charge >= 0.3 is 0 Å². The zero-order valence-electron chi connectivity index (χ0n) is 9.25. The molecule has 0 amide bonds. The third-order valence-corrected chi connectivity index (χ3v) is 2.92. The Hall–Kier alpha value is -1.10. The van der Waals surface area contributed by atoms with E-state index in [1.165, 1.54) is 6.07 Å². The van der Waals surface area contributed by atoms with Crippen molar-refractivity contribution < 1.29 is 9.13 Å². The molecule has 1 aliphatic heterocycles. The molecule has 1 heterocycles. The van der Waals surface area contributed by atoms with Crippen molar-refractivity contribution in [1.82, 2.24) is 5.43 Å². The first kappa shape index (κ1) is 12.4. The predicted octanol–water partition coefficient (Wildman–Crippen LogP) is 2.68. The van der Waals surface area contributed by atoms with E-state index in [-0.39, 0.29) is 0 Å². The molecule has 17 heavy (non-hydrogen) atoms. The molecule has 0 aromatic heterocycles. The molecule has 5 heteroatoms. The Labute approximate surface area is 104 Å². The van der Waals surface area contributed by atoms with Gasteiger partial charge in [0.05, 0.1) is 6.61 Å². The Kier molecular flexibility index (Phi) is 3.99. The summed E-state index contributed by atoms with van der Waals surface area (Å²) in [5.41, 5.74) is 3.01. The summed E-state index contributed by atoms with van der Waals surface area (Å²) in [4.78, 5) is 0. The highest BCUT2D eigenvalue weighted by molar-refractivity contribution is 6.30. The number of hydrazine groups is 1. The van der Waals surface area contributed by atoms with Crippen molar-refractivity contribution in [2.45, 2.75) is 18.9 Å². The molecular formula is C12H14ClFN2O. The van der Waals surface area contributed by atoms with Gasteiger partial charge in [0.1, 0.15) is 17.6 Å². The monoisotopic (exact) mass is 256 g/mol. The van der Waals surface area contributed by atoms with Crippen LogP contribution in [-0.4, -0.2) is 6.61 Å². The van der Waals surface area contributed by atoms with Crippen molar-refractivity contribution in [2.24, 2.45) is 5.84 Å². The van der Waals surface area contributed by atoms with E-state index < -0.39 is 11.9 Å². The van der Waals surface area contributed by atoms with Crippen molar-refractivity contribution in [1.29, 1.82) is 0 Å². The number of hydrogen-bond donors (Lipinski definition) is 2. The summed E-state index contributed by atoms with van der Waals surface area (Å²) in [6, 6.07) is 4.05. The fourth-order valence-electron chi connectivity index (χ4n) is 1.84. The molecule has 2 rings (SSSR count). The van der Waals surface area contributed by atoms with Crippen molar-refractivity contribution in [3.8, 4) is 0 Å². The summed E-state index contributed by atoms with van der Waals surface area (Å²) in [6.07, 6.45) is 3.83. The summed E-state index contributed by atoms with van der Waals surface area (Å²) in [5, 5.41) is 0.362. The summed E-state index contributed by atoms with van der Waals surface area (Å²) < 4.78 is 19.3. The van der Waals surface area contributed by atoms with Crippen molar-refractivity contribution in [3.63, 3.8) is 0 Å². The highest BCUT2D eigenvalue weighted by atomic mass is 35.5. The zero-order chi connectivity index (χ0) is 12.3. The second-order valence-corrected chi connectivity index (χ2v) is 4.30. The molecule has 0 fully saturated rings. The Morgan fingerprint density at radius 2 is 2.29 bits per heavy atom. The van der Waals surface area contributed by atoms with Crippen LogP contribution in [0.1, 0.15) is 24.4 Å². The topological polar surface area (TPSA) is 47.3 Å². The minimum Gasteiger partial charge on any atom is -0.496 e. The number of nitrogens with two attached hydrogens (primary N) is 1. The molecular weight excluding hydrogens is 243 g/mol. The van der Waals surface area contributed by atoms with Crippen molar-refractivity contribution >= 4 is 11.6 Å². The van der Waals surface area contributed by atoms with E-state index in [1.807, 2.05) is 6.08 Å². The van der Waals surface area contributed by atoms with Crippen LogP contribution in [0.5, 0.6) is 0 Å². The van der Waals surface area contributed by atoms with Crippen LogP contribution in [0, 0.1) is 5.82 Å². The van der Waals surface area contributed by atoms with E-state index in [0.29, 0.717) is 23.0 Å². The average molecular weight is 257 g/mol. The molecule has 1 unspecified atom stereocenters. The lowest BCUT2D eigenvalue weighted by atomic mass is 10.0. The van der Waals surface area contributed by atoms with Crippen LogP contribution < -0.4 is 11.3 Å². The maximum Gasteiger partial charge on any atom is 0.129 e. The van der Waals surface area contributed by atoms with Gasteiger partial charge in [-0.15, -0.1) is 0 Å². The minimum absolute atomic E-state index is 0.362. The van der Waals surface area contributed by atoms with E-state index in [9.17, 15) is 4.39 Å². The highest BCUT2D eigenvalue weighted by Crippen LogP contribution is 2.28. The van der Waals surface area contributed by atoms with E-state index in [2.05, 4.69) is 5.43 Å². The number of nitrogens with one attached hydrogen (secondary N) is 1. The van der Waals surface area contributed by atoms with Gasteiger partial charge in [-0.1, -0.05) is 17.7 Å². The van der Waals surface area contributed by atoms with Crippen LogP contribution in [-0.2, 0) is 4.74 Å². The third-order valence-electron chi connectivity index (χ3n) is 2.69. The molecule has 0 spiro atoms. The summed E-state index contributed by atoms with van der Waals surface area (Å²) in [5.74, 6) is 5.75. The maximum absolute atomic E-state index is 13.8. The van der Waals surface area contributed by atoms with Gasteiger partial charge in [0.15, 0.2) is 0 Å². The van der Waals surface area contributed by atoms with Gasteiger partial charge in [-0.05, 0) is 31.1 Å². The molecule has 1 atom stereocenters. The van der Waals surface area contributed by atoms with Crippen LogP contribution in [0.25, 0.3) is 0 Å². The lowest BCUT2D eigenvalue weighted by Crippen LogP contribution is -2.31. The first-order valence-corrected chi connectivity index (χ1v) is 5.84. The quantitative estimate of drug-likeness (QED) is 0.646. The molecule has 92 valence electrons. The van der Waals surface area contributed by atoms with Gasteiger partial charge in [-0.3, -0.25) is 5.84 Å². The van der Waals surface area contributed by atoms with E-state index in [1.54, 1.807) is 12.1 Å². The molecule has 0 radical (unpaired) electrons. The molecule has 3 N–H and O–H groups in total. The second-order valence-electron chi connectivity index (χ2n) is 3.86. The highest BCUT2D eigenvalue weighted by Gasteiger charge is 2.21. The molecule has 0 saturated carbocycles. The minimum atomic E-state index is -0.465. The van der Waals surface area contributed by atoms with Crippen molar-refractivity contribution in [3.05, 3.63) is 46.4 Å². The Morgan fingerprint density at radius 3 is 2.88 bits per heavy atom. The Morgan fingerprint density at radius 1 is 1.47 bits per heavy atom. The van der Waals surface area contributed by atoms with Crippen LogP contribution in [0.2, 0.25) is 5.02 Å². The van der Waals surface area contributed by atoms with Crippen LogP contribution >= 0.6 is 11.6 Å².